The van der Waals surface area contributed by atoms with Crippen molar-refractivity contribution in [2.45, 2.75) is 25.8 Å². The van der Waals surface area contributed by atoms with E-state index in [2.05, 4.69) is 15.3 Å². The number of nitrogens with two attached hydrogens (primary N) is 1. The van der Waals surface area contributed by atoms with E-state index < -0.39 is 5.54 Å². The number of hydrogen-bond donors (Lipinski definition) is 2. The van der Waals surface area contributed by atoms with Gasteiger partial charge in [-0.3, -0.25) is 10.1 Å². The van der Waals surface area contributed by atoms with Crippen LogP contribution in [0, 0.1) is 0 Å². The van der Waals surface area contributed by atoms with Crippen molar-refractivity contribution in [2.24, 2.45) is 5.73 Å². The predicted octanol–water partition coefficient (Wildman–Crippen LogP) is 0.542. The van der Waals surface area contributed by atoms with E-state index in [0.29, 0.717) is 6.42 Å². The Balaban J connectivity index is 2.67. The van der Waals surface area contributed by atoms with E-state index >= 15 is 0 Å². The molecule has 1 atom stereocenters. The fourth-order valence-corrected chi connectivity index (χ4v) is 0.769. The van der Waals surface area contributed by atoms with Crippen LogP contribution in [0.4, 0.5) is 5.95 Å². The number of nitrogens with zero attached hydrogens (tertiary/aromatic N) is 2. The average molecular weight is 194 g/mol. The molecule has 1 aromatic heterocycles. The molecular formula is C9H14N4O. The summed E-state index contributed by atoms with van der Waals surface area (Å²) in [6.07, 6.45) is 3.68. The van der Waals surface area contributed by atoms with E-state index in [4.69, 9.17) is 5.73 Å². The first kappa shape index (κ1) is 10.6. The van der Waals surface area contributed by atoms with Gasteiger partial charge in [0.15, 0.2) is 0 Å². The second-order valence-electron chi connectivity index (χ2n) is 3.30. The van der Waals surface area contributed by atoms with Crippen molar-refractivity contribution < 1.29 is 4.79 Å². The van der Waals surface area contributed by atoms with Gasteiger partial charge in [-0.15, -0.1) is 0 Å². The Hall–Kier alpha value is -1.49. The highest BCUT2D eigenvalue weighted by atomic mass is 16.2. The Morgan fingerprint density at radius 2 is 2.14 bits per heavy atom. The van der Waals surface area contributed by atoms with Crippen LogP contribution in [0.25, 0.3) is 0 Å². The van der Waals surface area contributed by atoms with Crippen molar-refractivity contribution in [3.63, 3.8) is 0 Å². The normalized spacial score (nSPS) is 14.5. The summed E-state index contributed by atoms with van der Waals surface area (Å²) in [6, 6.07) is 1.68. The maximum atomic E-state index is 11.5. The summed E-state index contributed by atoms with van der Waals surface area (Å²) in [7, 11) is 0. The van der Waals surface area contributed by atoms with Crippen LogP contribution in [-0.4, -0.2) is 21.4 Å². The average Bonchev–Trinajstić information content (AvgIpc) is 2.19. The van der Waals surface area contributed by atoms with Gasteiger partial charge in [0.05, 0.1) is 5.54 Å². The largest absolute Gasteiger partial charge is 0.318 e. The summed E-state index contributed by atoms with van der Waals surface area (Å²) >= 11 is 0. The SMILES string of the molecule is CCC(C)(N)C(=O)Nc1ncccn1. The number of aromatic nitrogens is 2. The molecule has 1 rings (SSSR count). The molecule has 0 saturated heterocycles. The van der Waals surface area contributed by atoms with Crippen molar-refractivity contribution in [2.75, 3.05) is 5.32 Å². The summed E-state index contributed by atoms with van der Waals surface area (Å²) in [5.41, 5.74) is 4.86. The van der Waals surface area contributed by atoms with Crippen molar-refractivity contribution in [1.29, 1.82) is 0 Å². The van der Waals surface area contributed by atoms with Gasteiger partial charge in [-0.05, 0) is 19.4 Å². The van der Waals surface area contributed by atoms with Gasteiger partial charge in [-0.1, -0.05) is 6.92 Å². The standard InChI is InChI=1S/C9H14N4O/c1-3-9(2,10)7(14)13-8-11-5-4-6-12-8/h4-6H,3,10H2,1-2H3,(H,11,12,13,14). The Bertz CT molecular complexity index is 310. The Morgan fingerprint density at radius 3 is 2.64 bits per heavy atom. The molecule has 1 amide bonds. The minimum absolute atomic E-state index is 0.272. The summed E-state index contributed by atoms with van der Waals surface area (Å²) in [5.74, 6) is 0.00817. The molecule has 1 aromatic rings. The predicted molar refractivity (Wildman–Crippen MR) is 53.5 cm³/mol. The van der Waals surface area contributed by atoms with E-state index in [0.717, 1.165) is 0 Å². The molecule has 1 heterocycles. The van der Waals surface area contributed by atoms with Crippen LogP contribution >= 0.6 is 0 Å². The third-order valence-corrected chi connectivity index (χ3v) is 2.04. The quantitative estimate of drug-likeness (QED) is 0.736. The highest BCUT2D eigenvalue weighted by Crippen LogP contribution is 2.07. The first-order valence-electron chi connectivity index (χ1n) is 4.43. The van der Waals surface area contributed by atoms with E-state index in [1.807, 2.05) is 6.92 Å². The third kappa shape index (κ3) is 2.50. The number of carbonyl (C=O) groups excluding carboxylic acids is 1. The van der Waals surface area contributed by atoms with Gasteiger partial charge in [0.25, 0.3) is 0 Å². The van der Waals surface area contributed by atoms with Gasteiger partial charge in [-0.25, -0.2) is 9.97 Å². The smallest absolute Gasteiger partial charge is 0.246 e. The molecule has 0 aliphatic heterocycles. The summed E-state index contributed by atoms with van der Waals surface area (Å²) in [5, 5.41) is 2.55. The molecule has 0 fully saturated rings. The zero-order chi connectivity index (χ0) is 10.6. The zero-order valence-electron chi connectivity index (χ0n) is 8.32. The first-order chi connectivity index (χ1) is 6.56. The van der Waals surface area contributed by atoms with Crippen LogP contribution in [0.2, 0.25) is 0 Å². The molecule has 5 nitrogen and oxygen atoms in total. The van der Waals surface area contributed by atoms with Gasteiger partial charge in [-0.2, -0.15) is 0 Å². The van der Waals surface area contributed by atoms with E-state index in [9.17, 15) is 4.79 Å². The highest BCUT2D eigenvalue weighted by molar-refractivity contribution is 5.96. The minimum Gasteiger partial charge on any atom is -0.318 e. The van der Waals surface area contributed by atoms with Crippen LogP contribution in [0.15, 0.2) is 18.5 Å². The summed E-state index contributed by atoms with van der Waals surface area (Å²) in [6.45, 7) is 3.52. The Labute approximate surface area is 82.7 Å². The molecule has 0 aliphatic carbocycles. The number of anilines is 1. The Kier molecular flexibility index (Phi) is 3.14. The third-order valence-electron chi connectivity index (χ3n) is 2.04. The molecular weight excluding hydrogens is 180 g/mol. The fraction of sp³-hybridized carbons (Fsp3) is 0.444. The van der Waals surface area contributed by atoms with Gasteiger partial charge >= 0.3 is 0 Å². The number of rotatable bonds is 3. The Morgan fingerprint density at radius 1 is 1.57 bits per heavy atom. The van der Waals surface area contributed by atoms with Crippen molar-refractivity contribution >= 4 is 11.9 Å². The van der Waals surface area contributed by atoms with Gasteiger partial charge in [0, 0.05) is 12.4 Å². The lowest BCUT2D eigenvalue weighted by atomic mass is 10.00. The lowest BCUT2D eigenvalue weighted by Gasteiger charge is -2.20. The van der Waals surface area contributed by atoms with Crippen LogP contribution in [0.3, 0.4) is 0 Å². The summed E-state index contributed by atoms with van der Waals surface area (Å²) < 4.78 is 0. The molecule has 3 N–H and O–H groups in total. The van der Waals surface area contributed by atoms with Crippen molar-refractivity contribution in [1.82, 2.24) is 9.97 Å². The molecule has 1 unspecified atom stereocenters. The summed E-state index contributed by atoms with van der Waals surface area (Å²) in [4.78, 5) is 19.3. The molecule has 0 aromatic carbocycles. The van der Waals surface area contributed by atoms with Crippen LogP contribution in [0.1, 0.15) is 20.3 Å². The first-order valence-corrected chi connectivity index (χ1v) is 4.43. The number of amides is 1. The van der Waals surface area contributed by atoms with Crippen LogP contribution in [0.5, 0.6) is 0 Å². The monoisotopic (exact) mass is 194 g/mol. The molecule has 0 aliphatic rings. The van der Waals surface area contributed by atoms with Crippen molar-refractivity contribution in [3.05, 3.63) is 18.5 Å². The maximum absolute atomic E-state index is 11.5. The van der Waals surface area contributed by atoms with Gasteiger partial charge < -0.3 is 5.73 Å². The van der Waals surface area contributed by atoms with Crippen LogP contribution < -0.4 is 11.1 Å². The molecule has 0 radical (unpaired) electrons. The second kappa shape index (κ2) is 4.15. The van der Waals surface area contributed by atoms with Gasteiger partial charge in [0.2, 0.25) is 11.9 Å². The lowest BCUT2D eigenvalue weighted by molar-refractivity contribution is -0.120. The maximum Gasteiger partial charge on any atom is 0.246 e. The molecule has 0 bridgehead atoms. The fourth-order valence-electron chi connectivity index (χ4n) is 0.769. The molecule has 0 saturated carbocycles. The number of hydrogen-bond acceptors (Lipinski definition) is 4. The topological polar surface area (TPSA) is 80.9 Å². The zero-order valence-corrected chi connectivity index (χ0v) is 8.32. The van der Waals surface area contributed by atoms with E-state index in [-0.39, 0.29) is 11.9 Å². The highest BCUT2D eigenvalue weighted by Gasteiger charge is 2.26. The van der Waals surface area contributed by atoms with Crippen LogP contribution in [-0.2, 0) is 4.79 Å². The molecule has 14 heavy (non-hydrogen) atoms. The van der Waals surface area contributed by atoms with Gasteiger partial charge in [0.1, 0.15) is 0 Å². The number of nitrogens with one attached hydrogen (secondary N) is 1. The lowest BCUT2D eigenvalue weighted by Crippen LogP contribution is -2.48. The molecule has 76 valence electrons. The van der Waals surface area contributed by atoms with Crippen molar-refractivity contribution in [3.8, 4) is 0 Å². The minimum atomic E-state index is -0.876. The number of carbonyl (C=O) groups is 1. The van der Waals surface area contributed by atoms with E-state index in [1.165, 1.54) is 0 Å². The molecule has 0 spiro atoms. The molecule has 5 heteroatoms. The second-order valence-corrected chi connectivity index (χ2v) is 3.30. The van der Waals surface area contributed by atoms with E-state index in [1.54, 1.807) is 25.4 Å².